The predicted octanol–water partition coefficient (Wildman–Crippen LogP) is 4.01. The van der Waals surface area contributed by atoms with Gasteiger partial charge in [0.15, 0.2) is 0 Å². The van der Waals surface area contributed by atoms with Crippen LogP contribution in [0.1, 0.15) is 18.1 Å². The quantitative estimate of drug-likeness (QED) is 0.904. The van der Waals surface area contributed by atoms with E-state index in [-0.39, 0.29) is 11.9 Å². The normalized spacial score (nSPS) is 12.2. The van der Waals surface area contributed by atoms with E-state index in [2.05, 4.69) is 4.90 Å². The lowest BCUT2D eigenvalue weighted by atomic mass is 10.0. The molecule has 0 aromatic heterocycles. The standard InChI is InChI=1S/C17H20ClFN2/c1-12(20)9-14-10-16(19)7-8-17(14)21(2)11-13-3-5-15(18)6-4-13/h3-8,10,12H,9,11,20H2,1-2H3. The number of hydrogen-bond acceptors (Lipinski definition) is 2. The maximum Gasteiger partial charge on any atom is 0.123 e. The molecule has 2 N–H and O–H groups in total. The molecule has 112 valence electrons. The van der Waals surface area contributed by atoms with Crippen molar-refractivity contribution < 1.29 is 4.39 Å². The second-order valence-electron chi connectivity index (χ2n) is 5.44. The summed E-state index contributed by atoms with van der Waals surface area (Å²) in [6.07, 6.45) is 0.651. The molecule has 2 rings (SSSR count). The van der Waals surface area contributed by atoms with E-state index in [9.17, 15) is 4.39 Å². The van der Waals surface area contributed by atoms with Gasteiger partial charge in [-0.25, -0.2) is 4.39 Å². The summed E-state index contributed by atoms with van der Waals surface area (Å²) < 4.78 is 13.5. The minimum atomic E-state index is -0.228. The third-order valence-corrected chi connectivity index (χ3v) is 3.58. The van der Waals surface area contributed by atoms with Gasteiger partial charge in [0, 0.05) is 30.3 Å². The van der Waals surface area contributed by atoms with E-state index in [0.717, 1.165) is 28.4 Å². The molecule has 0 saturated carbocycles. The predicted molar refractivity (Wildman–Crippen MR) is 87.3 cm³/mol. The van der Waals surface area contributed by atoms with Crippen molar-refractivity contribution in [3.05, 3.63) is 64.4 Å². The Morgan fingerprint density at radius 2 is 1.86 bits per heavy atom. The third kappa shape index (κ3) is 4.45. The van der Waals surface area contributed by atoms with Crippen LogP contribution in [-0.4, -0.2) is 13.1 Å². The van der Waals surface area contributed by atoms with Gasteiger partial charge in [-0.3, -0.25) is 0 Å². The molecule has 0 radical (unpaired) electrons. The van der Waals surface area contributed by atoms with Crippen molar-refractivity contribution in [3.8, 4) is 0 Å². The van der Waals surface area contributed by atoms with Crippen LogP contribution >= 0.6 is 11.6 Å². The van der Waals surface area contributed by atoms with Crippen LogP contribution in [-0.2, 0) is 13.0 Å². The lowest BCUT2D eigenvalue weighted by Gasteiger charge is -2.23. The summed E-state index contributed by atoms with van der Waals surface area (Å²) in [5, 5.41) is 0.723. The molecule has 21 heavy (non-hydrogen) atoms. The van der Waals surface area contributed by atoms with E-state index >= 15 is 0 Å². The molecular weight excluding hydrogens is 287 g/mol. The smallest absolute Gasteiger partial charge is 0.123 e. The molecule has 1 unspecified atom stereocenters. The summed E-state index contributed by atoms with van der Waals surface area (Å²) in [6, 6.07) is 12.6. The molecule has 0 amide bonds. The fraction of sp³-hybridized carbons (Fsp3) is 0.294. The number of nitrogens with two attached hydrogens (primary N) is 1. The summed E-state index contributed by atoms with van der Waals surface area (Å²) in [5.74, 6) is -0.228. The zero-order chi connectivity index (χ0) is 15.4. The van der Waals surface area contributed by atoms with Gasteiger partial charge in [0.2, 0.25) is 0 Å². The second kappa shape index (κ2) is 6.92. The highest BCUT2D eigenvalue weighted by Gasteiger charge is 2.11. The largest absolute Gasteiger partial charge is 0.370 e. The Morgan fingerprint density at radius 3 is 2.48 bits per heavy atom. The average Bonchev–Trinajstić information content (AvgIpc) is 2.40. The Balaban J connectivity index is 2.21. The summed E-state index contributed by atoms with van der Waals surface area (Å²) >= 11 is 5.90. The van der Waals surface area contributed by atoms with Gasteiger partial charge < -0.3 is 10.6 Å². The van der Waals surface area contributed by atoms with Gasteiger partial charge >= 0.3 is 0 Å². The van der Waals surface area contributed by atoms with Crippen LogP contribution in [0.25, 0.3) is 0 Å². The van der Waals surface area contributed by atoms with Crippen LogP contribution in [0.4, 0.5) is 10.1 Å². The number of rotatable bonds is 5. The van der Waals surface area contributed by atoms with Gasteiger partial charge in [-0.2, -0.15) is 0 Å². The Hall–Kier alpha value is -1.58. The number of anilines is 1. The maximum atomic E-state index is 13.5. The first-order chi connectivity index (χ1) is 9.95. The molecule has 2 aromatic carbocycles. The average molecular weight is 307 g/mol. The lowest BCUT2D eigenvalue weighted by Crippen LogP contribution is -2.22. The number of hydrogen-bond donors (Lipinski definition) is 1. The minimum absolute atomic E-state index is 0.00511. The molecule has 0 fully saturated rings. The molecule has 0 aliphatic rings. The minimum Gasteiger partial charge on any atom is -0.370 e. The Kier molecular flexibility index (Phi) is 5.21. The lowest BCUT2D eigenvalue weighted by molar-refractivity contribution is 0.622. The van der Waals surface area contributed by atoms with Crippen molar-refractivity contribution in [2.45, 2.75) is 25.9 Å². The van der Waals surface area contributed by atoms with Gasteiger partial charge in [-0.1, -0.05) is 23.7 Å². The van der Waals surface area contributed by atoms with Crippen molar-refractivity contribution in [3.63, 3.8) is 0 Å². The summed E-state index contributed by atoms with van der Waals surface area (Å²) in [4.78, 5) is 2.10. The summed E-state index contributed by atoms with van der Waals surface area (Å²) in [6.45, 7) is 2.66. The fourth-order valence-electron chi connectivity index (χ4n) is 2.39. The molecular formula is C17H20ClFN2. The number of benzene rings is 2. The monoisotopic (exact) mass is 306 g/mol. The summed E-state index contributed by atoms with van der Waals surface area (Å²) in [5.41, 5.74) is 8.94. The van der Waals surface area contributed by atoms with Gasteiger partial charge in [-0.05, 0) is 54.8 Å². The molecule has 0 spiro atoms. The van der Waals surface area contributed by atoms with Crippen molar-refractivity contribution in [1.29, 1.82) is 0 Å². The molecule has 0 heterocycles. The molecule has 0 aliphatic carbocycles. The zero-order valence-electron chi connectivity index (χ0n) is 12.3. The molecule has 0 aliphatic heterocycles. The molecule has 0 bridgehead atoms. The van der Waals surface area contributed by atoms with Crippen LogP contribution < -0.4 is 10.6 Å². The third-order valence-electron chi connectivity index (χ3n) is 3.33. The number of nitrogens with zero attached hydrogens (tertiary/aromatic N) is 1. The van der Waals surface area contributed by atoms with Crippen LogP contribution in [0.2, 0.25) is 5.02 Å². The highest BCUT2D eigenvalue weighted by Crippen LogP contribution is 2.24. The van der Waals surface area contributed by atoms with E-state index in [1.165, 1.54) is 6.07 Å². The van der Waals surface area contributed by atoms with E-state index in [1.54, 1.807) is 6.07 Å². The van der Waals surface area contributed by atoms with Crippen molar-refractivity contribution in [1.82, 2.24) is 0 Å². The Labute approximate surface area is 130 Å². The Morgan fingerprint density at radius 1 is 1.19 bits per heavy atom. The van der Waals surface area contributed by atoms with E-state index < -0.39 is 0 Å². The molecule has 0 saturated heterocycles. The summed E-state index contributed by atoms with van der Waals surface area (Å²) in [7, 11) is 1.99. The van der Waals surface area contributed by atoms with Crippen molar-refractivity contribution in [2.24, 2.45) is 5.73 Å². The van der Waals surface area contributed by atoms with Gasteiger partial charge in [0.1, 0.15) is 5.82 Å². The first-order valence-corrected chi connectivity index (χ1v) is 7.33. The molecule has 1 atom stereocenters. The van der Waals surface area contributed by atoms with Crippen LogP contribution in [0.5, 0.6) is 0 Å². The van der Waals surface area contributed by atoms with E-state index in [4.69, 9.17) is 17.3 Å². The van der Waals surface area contributed by atoms with Gasteiger partial charge in [0.25, 0.3) is 0 Å². The van der Waals surface area contributed by atoms with Gasteiger partial charge in [0.05, 0.1) is 0 Å². The molecule has 2 nitrogen and oxygen atoms in total. The van der Waals surface area contributed by atoms with E-state index in [1.807, 2.05) is 44.3 Å². The van der Waals surface area contributed by atoms with Crippen molar-refractivity contribution in [2.75, 3.05) is 11.9 Å². The van der Waals surface area contributed by atoms with Crippen LogP contribution in [0.3, 0.4) is 0 Å². The first kappa shape index (κ1) is 15.8. The van der Waals surface area contributed by atoms with Gasteiger partial charge in [-0.15, -0.1) is 0 Å². The topological polar surface area (TPSA) is 29.3 Å². The molecule has 2 aromatic rings. The highest BCUT2D eigenvalue weighted by atomic mass is 35.5. The van der Waals surface area contributed by atoms with E-state index in [0.29, 0.717) is 6.42 Å². The fourth-order valence-corrected chi connectivity index (χ4v) is 2.51. The highest BCUT2D eigenvalue weighted by molar-refractivity contribution is 6.30. The Bertz CT molecular complexity index is 596. The molecule has 4 heteroatoms. The maximum absolute atomic E-state index is 13.5. The second-order valence-corrected chi connectivity index (χ2v) is 5.87. The zero-order valence-corrected chi connectivity index (χ0v) is 13.1. The van der Waals surface area contributed by atoms with Crippen LogP contribution in [0.15, 0.2) is 42.5 Å². The van der Waals surface area contributed by atoms with Crippen molar-refractivity contribution >= 4 is 17.3 Å². The van der Waals surface area contributed by atoms with Crippen LogP contribution in [0, 0.1) is 5.82 Å². The first-order valence-electron chi connectivity index (χ1n) is 6.95. The number of halogens is 2. The SMILES string of the molecule is CC(N)Cc1cc(F)ccc1N(C)Cc1ccc(Cl)cc1.